The minimum absolute atomic E-state index is 0. The Morgan fingerprint density at radius 1 is 1.05 bits per heavy atom. The first-order valence-electron chi connectivity index (χ1n) is 6.65. The molecule has 114 valence electrons. The highest BCUT2D eigenvalue weighted by atomic mass is 35.5. The van der Waals surface area contributed by atoms with Crippen LogP contribution < -0.4 is 5.32 Å². The zero-order valence-electron chi connectivity index (χ0n) is 11.1. The van der Waals surface area contributed by atoms with Gasteiger partial charge in [0.05, 0.1) is 10.0 Å². The molecular weight excluding hydrogens is 338 g/mol. The van der Waals surface area contributed by atoms with E-state index >= 15 is 0 Å². The van der Waals surface area contributed by atoms with E-state index in [-0.39, 0.29) is 24.8 Å². The maximum absolute atomic E-state index is 6.16. The molecule has 1 aromatic rings. The summed E-state index contributed by atoms with van der Waals surface area (Å²) in [4.78, 5) is 2.59. The van der Waals surface area contributed by atoms with E-state index in [4.69, 9.17) is 23.2 Å². The van der Waals surface area contributed by atoms with E-state index in [0.29, 0.717) is 16.1 Å². The molecule has 1 saturated carbocycles. The molecule has 3 rings (SSSR count). The second-order valence-electron chi connectivity index (χ2n) is 5.24. The number of benzene rings is 1. The highest BCUT2D eigenvalue weighted by molar-refractivity contribution is 6.42. The molecule has 6 heteroatoms. The molecule has 0 spiro atoms. The van der Waals surface area contributed by atoms with Gasteiger partial charge in [0, 0.05) is 32.2 Å². The Bertz CT molecular complexity index is 431. The Labute approximate surface area is 143 Å². The molecule has 1 aliphatic carbocycles. The van der Waals surface area contributed by atoms with E-state index in [9.17, 15) is 0 Å². The standard InChI is InChI=1S/C14H18Cl2N2.2ClH/c15-12-4-3-11(9-13(12)16)14(10-1-2-10)18-7-5-17-6-8-18;;/h3-4,9-10,14,17H,1-2,5-8H2;2*1H/t14-;;/m0../s1. The molecule has 1 heterocycles. The quantitative estimate of drug-likeness (QED) is 0.872. The predicted molar refractivity (Wildman–Crippen MR) is 90.9 cm³/mol. The molecule has 20 heavy (non-hydrogen) atoms. The van der Waals surface area contributed by atoms with Gasteiger partial charge in [-0.15, -0.1) is 24.8 Å². The fourth-order valence-electron chi connectivity index (χ4n) is 2.85. The molecule has 0 amide bonds. The second-order valence-corrected chi connectivity index (χ2v) is 6.06. The largest absolute Gasteiger partial charge is 0.314 e. The summed E-state index contributed by atoms with van der Waals surface area (Å²) < 4.78 is 0. The molecule has 1 N–H and O–H groups in total. The number of halogens is 4. The molecule has 0 bridgehead atoms. The molecule has 1 saturated heterocycles. The predicted octanol–water partition coefficient (Wildman–Crippen LogP) is 4.19. The van der Waals surface area contributed by atoms with Crippen LogP contribution in [-0.2, 0) is 0 Å². The maximum atomic E-state index is 6.16. The highest BCUT2D eigenvalue weighted by Gasteiger charge is 2.36. The Morgan fingerprint density at radius 2 is 1.70 bits per heavy atom. The Kier molecular flexibility index (Phi) is 7.40. The van der Waals surface area contributed by atoms with Gasteiger partial charge in [0.25, 0.3) is 0 Å². The van der Waals surface area contributed by atoms with Gasteiger partial charge in [-0.1, -0.05) is 29.3 Å². The van der Waals surface area contributed by atoms with Crippen LogP contribution in [0.4, 0.5) is 0 Å². The summed E-state index contributed by atoms with van der Waals surface area (Å²) in [6.45, 7) is 4.43. The Balaban J connectivity index is 0.000001000. The minimum atomic E-state index is 0. The number of hydrogen-bond acceptors (Lipinski definition) is 2. The zero-order valence-corrected chi connectivity index (χ0v) is 14.3. The van der Waals surface area contributed by atoms with Gasteiger partial charge in [0.15, 0.2) is 0 Å². The zero-order chi connectivity index (χ0) is 12.5. The molecule has 2 fully saturated rings. The number of nitrogens with zero attached hydrogens (tertiary/aromatic N) is 1. The summed E-state index contributed by atoms with van der Waals surface area (Å²) in [5.41, 5.74) is 1.33. The molecule has 0 unspecified atom stereocenters. The summed E-state index contributed by atoms with van der Waals surface area (Å²) in [5.74, 6) is 0.806. The fraction of sp³-hybridized carbons (Fsp3) is 0.571. The summed E-state index contributed by atoms with van der Waals surface area (Å²) >= 11 is 12.2. The van der Waals surface area contributed by atoms with Crippen LogP contribution in [-0.4, -0.2) is 31.1 Å². The van der Waals surface area contributed by atoms with Crippen molar-refractivity contribution in [1.82, 2.24) is 10.2 Å². The molecule has 1 aromatic carbocycles. The van der Waals surface area contributed by atoms with Gasteiger partial charge < -0.3 is 5.32 Å². The maximum Gasteiger partial charge on any atom is 0.0595 e. The van der Waals surface area contributed by atoms with Gasteiger partial charge in [0.1, 0.15) is 0 Å². The number of piperazine rings is 1. The van der Waals surface area contributed by atoms with Gasteiger partial charge in [0.2, 0.25) is 0 Å². The Morgan fingerprint density at radius 3 is 2.25 bits per heavy atom. The van der Waals surface area contributed by atoms with E-state index in [1.165, 1.54) is 18.4 Å². The molecular formula is C14H20Cl4N2. The first-order chi connectivity index (χ1) is 8.75. The van der Waals surface area contributed by atoms with Crippen LogP contribution >= 0.6 is 48.0 Å². The van der Waals surface area contributed by atoms with Crippen LogP contribution in [0, 0.1) is 5.92 Å². The van der Waals surface area contributed by atoms with Crippen molar-refractivity contribution in [3.63, 3.8) is 0 Å². The van der Waals surface area contributed by atoms with E-state index in [1.54, 1.807) is 0 Å². The van der Waals surface area contributed by atoms with Crippen LogP contribution in [0.1, 0.15) is 24.4 Å². The third-order valence-corrected chi connectivity index (χ3v) is 4.64. The van der Waals surface area contributed by atoms with Crippen LogP contribution in [0.25, 0.3) is 0 Å². The lowest BCUT2D eigenvalue weighted by atomic mass is 10.00. The first kappa shape index (κ1) is 18.3. The van der Waals surface area contributed by atoms with Crippen LogP contribution in [0.3, 0.4) is 0 Å². The van der Waals surface area contributed by atoms with Gasteiger partial charge in [-0.3, -0.25) is 4.90 Å². The average molecular weight is 358 g/mol. The van der Waals surface area contributed by atoms with Gasteiger partial charge in [-0.05, 0) is 36.5 Å². The van der Waals surface area contributed by atoms with E-state index in [2.05, 4.69) is 22.3 Å². The van der Waals surface area contributed by atoms with Crippen molar-refractivity contribution in [2.45, 2.75) is 18.9 Å². The SMILES string of the molecule is Cl.Cl.Clc1ccc([C@H](C2CC2)N2CCNCC2)cc1Cl. The summed E-state index contributed by atoms with van der Waals surface area (Å²) in [5, 5.41) is 4.74. The molecule has 0 aromatic heterocycles. The molecule has 1 atom stereocenters. The molecule has 1 aliphatic heterocycles. The topological polar surface area (TPSA) is 15.3 Å². The lowest BCUT2D eigenvalue weighted by molar-refractivity contribution is 0.156. The molecule has 2 nitrogen and oxygen atoms in total. The minimum Gasteiger partial charge on any atom is -0.314 e. The van der Waals surface area contributed by atoms with E-state index < -0.39 is 0 Å². The van der Waals surface area contributed by atoms with E-state index in [1.807, 2.05) is 6.07 Å². The van der Waals surface area contributed by atoms with Gasteiger partial charge in [-0.25, -0.2) is 0 Å². The summed E-state index contributed by atoms with van der Waals surface area (Å²) in [6, 6.07) is 6.65. The average Bonchev–Trinajstić information content (AvgIpc) is 3.20. The Hall–Kier alpha value is 0.300. The third kappa shape index (κ3) is 4.16. The second kappa shape index (κ2) is 8.07. The smallest absolute Gasteiger partial charge is 0.0595 e. The van der Waals surface area contributed by atoms with Crippen LogP contribution in [0.15, 0.2) is 18.2 Å². The molecule has 2 aliphatic rings. The number of rotatable bonds is 3. The third-order valence-electron chi connectivity index (χ3n) is 3.90. The highest BCUT2D eigenvalue weighted by Crippen LogP contribution is 2.45. The summed E-state index contributed by atoms with van der Waals surface area (Å²) in [6.07, 6.45) is 2.68. The monoisotopic (exact) mass is 356 g/mol. The first-order valence-corrected chi connectivity index (χ1v) is 7.41. The van der Waals surface area contributed by atoms with Crippen LogP contribution in [0.5, 0.6) is 0 Å². The van der Waals surface area contributed by atoms with Gasteiger partial charge in [-0.2, -0.15) is 0 Å². The van der Waals surface area contributed by atoms with Crippen LogP contribution in [0.2, 0.25) is 10.0 Å². The van der Waals surface area contributed by atoms with Gasteiger partial charge >= 0.3 is 0 Å². The van der Waals surface area contributed by atoms with Crippen molar-refractivity contribution in [3.8, 4) is 0 Å². The van der Waals surface area contributed by atoms with Crippen molar-refractivity contribution < 1.29 is 0 Å². The van der Waals surface area contributed by atoms with Crippen molar-refractivity contribution in [3.05, 3.63) is 33.8 Å². The van der Waals surface area contributed by atoms with Crippen molar-refractivity contribution in [2.75, 3.05) is 26.2 Å². The number of nitrogens with one attached hydrogen (secondary N) is 1. The number of hydrogen-bond donors (Lipinski definition) is 1. The lowest BCUT2D eigenvalue weighted by Crippen LogP contribution is -2.45. The van der Waals surface area contributed by atoms with Crippen molar-refractivity contribution in [2.24, 2.45) is 5.92 Å². The van der Waals surface area contributed by atoms with Crippen molar-refractivity contribution in [1.29, 1.82) is 0 Å². The fourth-order valence-corrected chi connectivity index (χ4v) is 3.16. The lowest BCUT2D eigenvalue weighted by Gasteiger charge is -2.35. The normalized spacial score (nSPS) is 20.7. The van der Waals surface area contributed by atoms with E-state index in [0.717, 1.165) is 32.1 Å². The molecule has 0 radical (unpaired) electrons. The van der Waals surface area contributed by atoms with Crippen molar-refractivity contribution >= 4 is 48.0 Å². The summed E-state index contributed by atoms with van der Waals surface area (Å²) in [7, 11) is 0.